The van der Waals surface area contributed by atoms with Crippen molar-refractivity contribution in [2.24, 2.45) is 11.1 Å². The number of carbonyl (C=O) groups is 1. The molecule has 1 unspecified atom stereocenters. The van der Waals surface area contributed by atoms with Crippen LogP contribution in [0.4, 0.5) is 5.69 Å². The maximum absolute atomic E-state index is 12.3. The summed E-state index contributed by atoms with van der Waals surface area (Å²) in [5.74, 6) is -0.491. The predicted octanol–water partition coefficient (Wildman–Crippen LogP) is 2.24. The van der Waals surface area contributed by atoms with E-state index < -0.39 is 10.0 Å². The normalized spacial score (nSPS) is 19.1. The molecule has 2 aromatic rings. The molecule has 0 saturated carbocycles. The van der Waals surface area contributed by atoms with Crippen molar-refractivity contribution in [3.8, 4) is 0 Å². The van der Waals surface area contributed by atoms with Gasteiger partial charge in [0, 0.05) is 28.7 Å². The smallest absolute Gasteiger partial charge is 0.227 e. The van der Waals surface area contributed by atoms with Gasteiger partial charge >= 0.3 is 0 Å². The van der Waals surface area contributed by atoms with Crippen LogP contribution in [-0.4, -0.2) is 26.6 Å². The molecule has 0 spiro atoms. The summed E-state index contributed by atoms with van der Waals surface area (Å²) in [6, 6.07) is 11.6. The van der Waals surface area contributed by atoms with E-state index in [0.717, 1.165) is 20.9 Å². The van der Waals surface area contributed by atoms with Crippen LogP contribution in [0.3, 0.4) is 0 Å². The fourth-order valence-electron chi connectivity index (χ4n) is 2.94. The monoisotopic (exact) mass is 382 g/mol. The van der Waals surface area contributed by atoms with E-state index in [0.29, 0.717) is 6.54 Å². The van der Waals surface area contributed by atoms with E-state index in [-0.39, 0.29) is 24.0 Å². The highest BCUT2D eigenvalue weighted by atomic mass is 79.9. The SMILES string of the molecule is NS(=O)(=O)CC1CC(=O)N(c2cccc3c(Br)cccc23)C1. The van der Waals surface area contributed by atoms with Gasteiger partial charge in [-0.05, 0) is 17.5 Å². The molecule has 1 aliphatic rings. The molecule has 0 bridgehead atoms. The Balaban J connectivity index is 1.98. The first kappa shape index (κ1) is 15.5. The molecule has 1 aliphatic heterocycles. The van der Waals surface area contributed by atoms with E-state index >= 15 is 0 Å². The Morgan fingerprint density at radius 2 is 1.86 bits per heavy atom. The van der Waals surface area contributed by atoms with Crippen molar-refractivity contribution in [1.29, 1.82) is 0 Å². The number of carbonyl (C=O) groups excluding carboxylic acids is 1. The van der Waals surface area contributed by atoms with Crippen LogP contribution in [0.2, 0.25) is 0 Å². The number of amides is 1. The third-order valence-corrected chi connectivity index (χ3v) is 5.44. The van der Waals surface area contributed by atoms with Crippen LogP contribution in [0.1, 0.15) is 6.42 Å². The summed E-state index contributed by atoms with van der Waals surface area (Å²) in [7, 11) is -3.57. The van der Waals surface area contributed by atoms with Gasteiger partial charge in [0.1, 0.15) is 0 Å². The molecule has 22 heavy (non-hydrogen) atoms. The van der Waals surface area contributed by atoms with Gasteiger partial charge in [-0.15, -0.1) is 0 Å². The zero-order valence-electron chi connectivity index (χ0n) is 11.7. The summed E-state index contributed by atoms with van der Waals surface area (Å²) < 4.78 is 23.4. The van der Waals surface area contributed by atoms with Gasteiger partial charge in [0.25, 0.3) is 0 Å². The van der Waals surface area contributed by atoms with Crippen LogP contribution in [0, 0.1) is 5.92 Å². The fraction of sp³-hybridized carbons (Fsp3) is 0.267. The minimum absolute atomic E-state index is 0.0684. The first-order chi connectivity index (χ1) is 10.3. The standard InChI is InChI=1S/C15H15BrN2O3S/c16-13-5-1-4-12-11(13)3-2-6-14(12)18-8-10(7-15(18)19)9-22(17,20)21/h1-6,10H,7-9H2,(H2,17,20,21). The lowest BCUT2D eigenvalue weighted by Crippen LogP contribution is -2.27. The number of fused-ring (bicyclic) bond motifs is 1. The first-order valence-corrected chi connectivity index (χ1v) is 9.34. The van der Waals surface area contributed by atoms with Crippen molar-refractivity contribution < 1.29 is 13.2 Å². The third-order valence-electron chi connectivity index (χ3n) is 3.81. The Bertz CT molecular complexity index is 851. The summed E-state index contributed by atoms with van der Waals surface area (Å²) in [5.41, 5.74) is 0.806. The predicted molar refractivity (Wildman–Crippen MR) is 90.1 cm³/mol. The molecule has 3 rings (SSSR count). The zero-order chi connectivity index (χ0) is 15.9. The van der Waals surface area contributed by atoms with Gasteiger partial charge < -0.3 is 4.90 Å². The Hall–Kier alpha value is -1.44. The highest BCUT2D eigenvalue weighted by Crippen LogP contribution is 2.34. The van der Waals surface area contributed by atoms with E-state index in [1.807, 2.05) is 36.4 Å². The molecule has 7 heteroatoms. The molecule has 0 aromatic heterocycles. The summed E-state index contributed by atoms with van der Waals surface area (Å²) in [6.45, 7) is 0.376. The van der Waals surface area contributed by atoms with Gasteiger partial charge in [0.15, 0.2) is 0 Å². The van der Waals surface area contributed by atoms with E-state index in [4.69, 9.17) is 5.14 Å². The Labute approximate surface area is 137 Å². The van der Waals surface area contributed by atoms with E-state index in [9.17, 15) is 13.2 Å². The van der Waals surface area contributed by atoms with Crippen LogP contribution < -0.4 is 10.0 Å². The minimum atomic E-state index is -3.57. The molecule has 2 N–H and O–H groups in total. The molecule has 0 radical (unpaired) electrons. The first-order valence-electron chi connectivity index (χ1n) is 6.83. The molecule has 2 aromatic carbocycles. The van der Waals surface area contributed by atoms with Crippen molar-refractivity contribution in [3.05, 3.63) is 40.9 Å². The number of benzene rings is 2. The zero-order valence-corrected chi connectivity index (χ0v) is 14.1. The number of nitrogens with two attached hydrogens (primary N) is 1. The number of hydrogen-bond acceptors (Lipinski definition) is 3. The second-order valence-corrected chi connectivity index (χ2v) is 8.03. The van der Waals surface area contributed by atoms with E-state index in [2.05, 4.69) is 15.9 Å². The van der Waals surface area contributed by atoms with Crippen molar-refractivity contribution in [1.82, 2.24) is 0 Å². The summed E-state index contributed by atoms with van der Waals surface area (Å²) in [4.78, 5) is 13.9. The van der Waals surface area contributed by atoms with Crippen LogP contribution in [0.25, 0.3) is 10.8 Å². The maximum Gasteiger partial charge on any atom is 0.227 e. The van der Waals surface area contributed by atoms with Crippen molar-refractivity contribution in [3.63, 3.8) is 0 Å². The minimum Gasteiger partial charge on any atom is -0.311 e. The molecular weight excluding hydrogens is 368 g/mol. The number of halogens is 1. The number of primary sulfonamides is 1. The van der Waals surface area contributed by atoms with Gasteiger partial charge in [0.2, 0.25) is 15.9 Å². The quantitative estimate of drug-likeness (QED) is 0.883. The molecular formula is C15H15BrN2O3S. The van der Waals surface area contributed by atoms with Gasteiger partial charge in [-0.1, -0.05) is 40.2 Å². The van der Waals surface area contributed by atoms with E-state index in [1.54, 1.807) is 4.90 Å². The highest BCUT2D eigenvalue weighted by molar-refractivity contribution is 9.10. The van der Waals surface area contributed by atoms with Gasteiger partial charge in [0.05, 0.1) is 11.4 Å². The largest absolute Gasteiger partial charge is 0.311 e. The number of anilines is 1. The average molecular weight is 383 g/mol. The number of hydrogen-bond donors (Lipinski definition) is 1. The van der Waals surface area contributed by atoms with E-state index in [1.165, 1.54) is 0 Å². The molecule has 0 aliphatic carbocycles. The average Bonchev–Trinajstić information content (AvgIpc) is 2.77. The summed E-state index contributed by atoms with van der Waals surface area (Å²) in [6.07, 6.45) is 0.209. The van der Waals surface area contributed by atoms with Crippen molar-refractivity contribution >= 4 is 48.3 Å². The number of sulfonamides is 1. The molecule has 1 fully saturated rings. The lowest BCUT2D eigenvalue weighted by atomic mass is 10.1. The Morgan fingerprint density at radius 1 is 1.18 bits per heavy atom. The maximum atomic E-state index is 12.3. The molecule has 116 valence electrons. The third kappa shape index (κ3) is 3.02. The van der Waals surface area contributed by atoms with Crippen molar-refractivity contribution in [2.45, 2.75) is 6.42 Å². The fourth-order valence-corrected chi connectivity index (χ4v) is 4.32. The Kier molecular flexibility index (Phi) is 3.96. The molecule has 1 amide bonds. The second-order valence-electron chi connectivity index (χ2n) is 5.52. The number of nitrogens with zero attached hydrogens (tertiary/aromatic N) is 1. The lowest BCUT2D eigenvalue weighted by molar-refractivity contribution is -0.117. The number of rotatable bonds is 3. The van der Waals surface area contributed by atoms with Crippen molar-refractivity contribution in [2.75, 3.05) is 17.2 Å². The van der Waals surface area contributed by atoms with Crippen LogP contribution in [-0.2, 0) is 14.8 Å². The molecule has 5 nitrogen and oxygen atoms in total. The second kappa shape index (κ2) is 5.64. The van der Waals surface area contributed by atoms with Gasteiger partial charge in [-0.25, -0.2) is 13.6 Å². The summed E-state index contributed by atoms with van der Waals surface area (Å²) >= 11 is 3.51. The van der Waals surface area contributed by atoms with Crippen LogP contribution in [0.15, 0.2) is 40.9 Å². The Morgan fingerprint density at radius 3 is 2.59 bits per heavy atom. The highest BCUT2D eigenvalue weighted by Gasteiger charge is 2.33. The topological polar surface area (TPSA) is 80.5 Å². The lowest BCUT2D eigenvalue weighted by Gasteiger charge is -2.19. The summed E-state index contributed by atoms with van der Waals surface area (Å²) in [5, 5.41) is 7.07. The van der Waals surface area contributed by atoms with Crippen LogP contribution in [0.5, 0.6) is 0 Å². The molecule has 1 atom stereocenters. The van der Waals surface area contributed by atoms with Crippen LogP contribution >= 0.6 is 15.9 Å². The molecule has 1 saturated heterocycles. The van der Waals surface area contributed by atoms with Gasteiger partial charge in [-0.3, -0.25) is 4.79 Å². The molecule has 1 heterocycles. The van der Waals surface area contributed by atoms with Gasteiger partial charge in [-0.2, -0.15) is 0 Å².